The number of benzene rings is 1. The van der Waals surface area contributed by atoms with Crippen molar-refractivity contribution in [2.24, 2.45) is 0 Å². The number of Topliss-reactive ketones (excluding diaryl/α,β-unsaturated/α-hetero) is 1. The van der Waals surface area contributed by atoms with E-state index in [0.717, 1.165) is 25.1 Å². The quantitative estimate of drug-likeness (QED) is 0.869. The van der Waals surface area contributed by atoms with E-state index in [9.17, 15) is 9.59 Å². The molecule has 2 aliphatic rings. The Morgan fingerprint density at radius 1 is 1.12 bits per heavy atom. The molecule has 4 rings (SSSR count). The summed E-state index contributed by atoms with van der Waals surface area (Å²) in [5.74, 6) is -0.792. The van der Waals surface area contributed by atoms with Crippen LogP contribution in [0.15, 0.2) is 48.8 Å². The molecule has 3 heterocycles. The molecule has 2 aliphatic heterocycles. The Bertz CT molecular complexity index is 775. The molecular formula is C19H20N3O2+. The average Bonchev–Trinajstić information content (AvgIpc) is 2.88. The van der Waals surface area contributed by atoms with E-state index in [4.69, 9.17) is 0 Å². The third-order valence-corrected chi connectivity index (χ3v) is 5.06. The van der Waals surface area contributed by atoms with Crippen molar-refractivity contribution in [1.29, 1.82) is 0 Å². The zero-order valence-electron chi connectivity index (χ0n) is 13.4. The lowest BCUT2D eigenvalue weighted by Gasteiger charge is -2.35. The molecular weight excluding hydrogens is 302 g/mol. The number of amides is 1. The Morgan fingerprint density at radius 3 is 2.83 bits per heavy atom. The first kappa shape index (κ1) is 15.0. The summed E-state index contributed by atoms with van der Waals surface area (Å²) in [4.78, 5) is 31.8. The van der Waals surface area contributed by atoms with Gasteiger partial charge in [-0.1, -0.05) is 18.2 Å². The molecule has 0 aliphatic carbocycles. The van der Waals surface area contributed by atoms with E-state index >= 15 is 0 Å². The number of fused-ring (bicyclic) bond motifs is 1. The molecule has 1 saturated heterocycles. The predicted octanol–water partition coefficient (Wildman–Crippen LogP) is 1.38. The number of para-hydroxylation sites is 1. The number of hydrogen-bond donors (Lipinski definition) is 1. The van der Waals surface area contributed by atoms with Gasteiger partial charge in [-0.15, -0.1) is 0 Å². The van der Waals surface area contributed by atoms with Gasteiger partial charge < -0.3 is 4.90 Å². The van der Waals surface area contributed by atoms with Crippen LogP contribution in [0.5, 0.6) is 0 Å². The molecule has 1 N–H and O–H groups in total. The number of anilines is 1. The monoisotopic (exact) mass is 322 g/mol. The molecule has 5 heteroatoms. The topological polar surface area (TPSA) is 54.7 Å². The van der Waals surface area contributed by atoms with Gasteiger partial charge in [-0.2, -0.15) is 0 Å². The summed E-state index contributed by atoms with van der Waals surface area (Å²) < 4.78 is 0. The van der Waals surface area contributed by atoms with Gasteiger partial charge in [-0.05, 0) is 31.0 Å². The van der Waals surface area contributed by atoms with E-state index in [1.54, 1.807) is 23.2 Å². The normalized spacial score (nSPS) is 23.4. The lowest BCUT2D eigenvalue weighted by atomic mass is 9.97. The van der Waals surface area contributed by atoms with Crippen LogP contribution in [-0.4, -0.2) is 29.9 Å². The fourth-order valence-electron chi connectivity index (χ4n) is 3.86. The van der Waals surface area contributed by atoms with E-state index in [1.165, 1.54) is 16.9 Å². The minimum Gasteiger partial charge on any atom is -0.311 e. The lowest BCUT2D eigenvalue weighted by Crippen LogP contribution is -3.14. The predicted molar refractivity (Wildman–Crippen MR) is 89.8 cm³/mol. The van der Waals surface area contributed by atoms with Crippen LogP contribution in [0, 0.1) is 0 Å². The molecule has 24 heavy (non-hydrogen) atoms. The van der Waals surface area contributed by atoms with Gasteiger partial charge in [-0.25, -0.2) is 0 Å². The van der Waals surface area contributed by atoms with Crippen molar-refractivity contribution in [2.75, 3.05) is 18.1 Å². The summed E-state index contributed by atoms with van der Waals surface area (Å²) in [6, 6.07) is 11.7. The second-order valence-electron chi connectivity index (χ2n) is 6.48. The summed E-state index contributed by atoms with van der Waals surface area (Å²) in [6.45, 7) is 1.53. The summed E-state index contributed by atoms with van der Waals surface area (Å²) in [7, 11) is 0. The average molecular weight is 322 g/mol. The summed E-state index contributed by atoms with van der Waals surface area (Å²) >= 11 is 0. The number of carbonyl (C=O) groups excluding carboxylic acids is 2. The van der Waals surface area contributed by atoms with Gasteiger partial charge in [0.1, 0.15) is 6.04 Å². The van der Waals surface area contributed by atoms with Crippen molar-refractivity contribution in [1.82, 2.24) is 4.98 Å². The Kier molecular flexibility index (Phi) is 3.86. The maximum Gasteiger partial charge on any atom is 0.303 e. The van der Waals surface area contributed by atoms with Gasteiger partial charge in [0.05, 0.1) is 17.8 Å². The van der Waals surface area contributed by atoms with Crippen LogP contribution >= 0.6 is 0 Å². The van der Waals surface area contributed by atoms with Gasteiger partial charge >= 0.3 is 5.91 Å². The van der Waals surface area contributed by atoms with Crippen molar-refractivity contribution in [3.63, 3.8) is 0 Å². The highest BCUT2D eigenvalue weighted by Crippen LogP contribution is 2.28. The maximum atomic E-state index is 12.4. The molecule has 1 amide bonds. The SMILES string of the molecule is O=C1C(=O)N(C[NH+]2CCCC[C@@H]2c2cccnc2)c2ccccc21. The van der Waals surface area contributed by atoms with Crippen molar-refractivity contribution in [2.45, 2.75) is 25.3 Å². The van der Waals surface area contributed by atoms with Gasteiger partial charge in [0, 0.05) is 24.4 Å². The van der Waals surface area contributed by atoms with Crippen molar-refractivity contribution >= 4 is 17.4 Å². The van der Waals surface area contributed by atoms with Crippen LogP contribution in [0.2, 0.25) is 0 Å². The van der Waals surface area contributed by atoms with Crippen LogP contribution in [0.4, 0.5) is 5.69 Å². The number of quaternary nitrogens is 1. The number of likely N-dealkylation sites (tertiary alicyclic amines) is 1. The molecule has 0 spiro atoms. The highest BCUT2D eigenvalue weighted by atomic mass is 16.2. The number of aromatic nitrogens is 1. The summed E-state index contributed by atoms with van der Waals surface area (Å²) in [5, 5.41) is 0. The van der Waals surface area contributed by atoms with E-state index in [0.29, 0.717) is 18.3 Å². The number of nitrogens with one attached hydrogen (secondary N) is 1. The highest BCUT2D eigenvalue weighted by Gasteiger charge is 2.39. The standard InChI is InChI=1S/C19H19N3O2/c23-18-15-7-1-2-9-17(15)22(19(18)24)13-21-11-4-3-8-16(21)14-6-5-10-20-12-14/h1-2,5-7,9-10,12,16H,3-4,8,11,13H2/p+1/t16-/m1/s1. The molecule has 0 bridgehead atoms. The molecule has 1 aromatic heterocycles. The fraction of sp³-hybridized carbons (Fsp3) is 0.316. The number of rotatable bonds is 3. The van der Waals surface area contributed by atoms with Crippen molar-refractivity contribution < 1.29 is 14.5 Å². The van der Waals surface area contributed by atoms with E-state index in [1.807, 2.05) is 24.4 Å². The molecule has 1 fully saturated rings. The second-order valence-corrected chi connectivity index (χ2v) is 6.48. The Labute approximate surface area is 140 Å². The molecule has 0 radical (unpaired) electrons. The number of ketones is 1. The molecule has 1 unspecified atom stereocenters. The second kappa shape index (κ2) is 6.17. The van der Waals surface area contributed by atoms with E-state index in [2.05, 4.69) is 11.1 Å². The zero-order chi connectivity index (χ0) is 16.5. The number of hydrogen-bond acceptors (Lipinski definition) is 3. The van der Waals surface area contributed by atoms with Crippen LogP contribution in [0.3, 0.4) is 0 Å². The van der Waals surface area contributed by atoms with Crippen LogP contribution in [0.25, 0.3) is 0 Å². The first-order chi connectivity index (χ1) is 11.8. The van der Waals surface area contributed by atoms with Crippen molar-refractivity contribution in [3.05, 3.63) is 59.9 Å². The number of piperidine rings is 1. The molecule has 2 aromatic rings. The van der Waals surface area contributed by atoms with Crippen LogP contribution in [-0.2, 0) is 4.79 Å². The molecule has 2 atom stereocenters. The van der Waals surface area contributed by atoms with Gasteiger partial charge in [-0.3, -0.25) is 19.5 Å². The molecule has 1 aromatic carbocycles. The minimum atomic E-state index is -0.404. The fourth-order valence-corrected chi connectivity index (χ4v) is 3.86. The minimum absolute atomic E-state index is 0.322. The summed E-state index contributed by atoms with van der Waals surface area (Å²) in [5.41, 5.74) is 2.48. The van der Waals surface area contributed by atoms with Gasteiger partial charge in [0.15, 0.2) is 6.67 Å². The van der Waals surface area contributed by atoms with E-state index in [-0.39, 0.29) is 5.78 Å². The molecule has 5 nitrogen and oxygen atoms in total. The van der Waals surface area contributed by atoms with Crippen molar-refractivity contribution in [3.8, 4) is 0 Å². The van der Waals surface area contributed by atoms with Crippen LogP contribution in [0.1, 0.15) is 41.2 Å². The van der Waals surface area contributed by atoms with Gasteiger partial charge in [0.25, 0.3) is 5.78 Å². The number of pyridine rings is 1. The Balaban J connectivity index is 1.62. The third-order valence-electron chi connectivity index (χ3n) is 5.06. The third kappa shape index (κ3) is 2.51. The Morgan fingerprint density at radius 2 is 2.00 bits per heavy atom. The first-order valence-electron chi connectivity index (χ1n) is 8.45. The zero-order valence-corrected chi connectivity index (χ0v) is 13.4. The Hall–Kier alpha value is -2.53. The number of carbonyl (C=O) groups is 2. The highest BCUT2D eigenvalue weighted by molar-refractivity contribution is 6.52. The maximum absolute atomic E-state index is 12.4. The largest absolute Gasteiger partial charge is 0.311 e. The van der Waals surface area contributed by atoms with Crippen LogP contribution < -0.4 is 9.80 Å². The summed E-state index contributed by atoms with van der Waals surface area (Å²) in [6.07, 6.45) is 7.11. The molecule has 122 valence electrons. The molecule has 0 saturated carbocycles. The van der Waals surface area contributed by atoms with E-state index < -0.39 is 5.91 Å². The lowest BCUT2D eigenvalue weighted by molar-refractivity contribution is -0.935. The first-order valence-corrected chi connectivity index (χ1v) is 8.45. The smallest absolute Gasteiger partial charge is 0.303 e. The van der Waals surface area contributed by atoms with Gasteiger partial charge in [0.2, 0.25) is 0 Å². The number of nitrogens with zero attached hydrogens (tertiary/aromatic N) is 2.